The number of benzene rings is 3. The van der Waals surface area contributed by atoms with Crippen LogP contribution in [0.4, 0.5) is 0 Å². The van der Waals surface area contributed by atoms with E-state index >= 15 is 0 Å². The second kappa shape index (κ2) is 8.80. The Kier molecular flexibility index (Phi) is 6.46. The summed E-state index contributed by atoms with van der Waals surface area (Å²) in [6, 6.07) is 27.7. The van der Waals surface area contributed by atoms with Gasteiger partial charge in [-0.2, -0.15) is 0 Å². The summed E-state index contributed by atoms with van der Waals surface area (Å²) in [5.41, 5.74) is 0.884. The van der Waals surface area contributed by atoms with E-state index in [1.165, 1.54) is 30.6 Å². The molecule has 0 aliphatic carbocycles. The number of methoxy groups -OCH3 is 1. The van der Waals surface area contributed by atoms with Crippen LogP contribution in [-0.4, -0.2) is 13.1 Å². The fourth-order valence-electron chi connectivity index (χ4n) is 2.45. The summed E-state index contributed by atoms with van der Waals surface area (Å²) in [5.74, 6) is -0.289. The molecule has 0 amide bonds. The first kappa shape index (κ1) is 19.1. The van der Waals surface area contributed by atoms with Gasteiger partial charge in [-0.3, -0.25) is 0 Å². The molecule has 5 heteroatoms. The fraction of sp³-hybridized carbons (Fsp3) is 0.0952. The Bertz CT molecular complexity index is 811. The van der Waals surface area contributed by atoms with Crippen molar-refractivity contribution in [3.8, 4) is 0 Å². The van der Waals surface area contributed by atoms with Crippen molar-refractivity contribution in [2.45, 2.75) is 13.9 Å². The van der Waals surface area contributed by atoms with Gasteiger partial charge in [0, 0.05) is 14.3 Å². The molecule has 0 fully saturated rings. The van der Waals surface area contributed by atoms with Crippen LogP contribution < -0.4 is 0 Å². The maximum atomic E-state index is 13.1. The van der Waals surface area contributed by atoms with Crippen molar-refractivity contribution in [3.05, 3.63) is 95.0 Å². The summed E-state index contributed by atoms with van der Waals surface area (Å²) < 4.78 is 5.27. The van der Waals surface area contributed by atoms with Crippen molar-refractivity contribution in [2.75, 3.05) is 7.11 Å². The van der Waals surface area contributed by atoms with Crippen molar-refractivity contribution in [1.29, 1.82) is 0 Å². The van der Waals surface area contributed by atoms with Crippen molar-refractivity contribution >= 4 is 45.4 Å². The molecule has 0 unspecified atom stereocenters. The summed E-state index contributed by atoms with van der Waals surface area (Å²) in [6.45, 7) is 0. The third-order valence-corrected chi connectivity index (χ3v) is 7.11. The first-order valence-electron chi connectivity index (χ1n) is 7.96. The van der Waals surface area contributed by atoms with Crippen LogP contribution in [0.2, 0.25) is 0 Å². The summed E-state index contributed by atoms with van der Waals surface area (Å²) in [7, 11) is 1.44. The zero-order valence-corrected chi connectivity index (χ0v) is 17.3. The molecule has 0 heterocycles. The monoisotopic (exact) mass is 444 g/mol. The van der Waals surface area contributed by atoms with E-state index in [0.29, 0.717) is 0 Å². The van der Waals surface area contributed by atoms with E-state index in [4.69, 9.17) is 4.74 Å². The smallest absolute Gasteiger partial charge is 0.337 e. The normalized spacial score (nSPS) is 11.2. The van der Waals surface area contributed by atoms with Gasteiger partial charge in [0.25, 0.3) is 0 Å². The standard InChI is InChI=1S/C21H17BrO2S2/c1-24-20(23)21(16-12-14-17(22)15-13-16,25-18-8-4-2-5-9-18)26-19-10-6-3-7-11-19/h2-15H,1H3. The van der Waals surface area contributed by atoms with Crippen molar-refractivity contribution in [1.82, 2.24) is 0 Å². The third kappa shape index (κ3) is 4.34. The molecular weight excluding hydrogens is 428 g/mol. The minimum absolute atomic E-state index is 0.289. The molecule has 26 heavy (non-hydrogen) atoms. The highest BCUT2D eigenvalue weighted by atomic mass is 79.9. The number of hydrogen-bond donors (Lipinski definition) is 0. The number of rotatable bonds is 6. The predicted molar refractivity (Wildman–Crippen MR) is 112 cm³/mol. The lowest BCUT2D eigenvalue weighted by molar-refractivity contribution is -0.141. The van der Waals surface area contributed by atoms with E-state index < -0.39 is 4.08 Å². The zero-order valence-electron chi connectivity index (χ0n) is 14.1. The van der Waals surface area contributed by atoms with Gasteiger partial charge in [-0.1, -0.05) is 88.0 Å². The molecule has 3 rings (SSSR count). The molecule has 3 aromatic rings. The topological polar surface area (TPSA) is 26.3 Å². The number of ether oxygens (including phenoxy) is 1. The van der Waals surface area contributed by atoms with Crippen LogP contribution in [0.15, 0.2) is 99.2 Å². The molecule has 3 aromatic carbocycles. The van der Waals surface area contributed by atoms with Gasteiger partial charge in [-0.15, -0.1) is 0 Å². The predicted octanol–water partition coefficient (Wildman–Crippen LogP) is 6.36. The average molecular weight is 445 g/mol. The summed E-state index contributed by atoms with van der Waals surface area (Å²) in [4.78, 5) is 15.1. The quantitative estimate of drug-likeness (QED) is 0.251. The molecule has 0 spiro atoms. The zero-order chi connectivity index (χ0) is 18.4. The Balaban J connectivity index is 2.12. The lowest BCUT2D eigenvalue weighted by atomic mass is 10.1. The van der Waals surface area contributed by atoms with Gasteiger partial charge in [-0.25, -0.2) is 4.79 Å². The average Bonchev–Trinajstić information content (AvgIpc) is 2.69. The van der Waals surface area contributed by atoms with Gasteiger partial charge in [0.15, 0.2) is 4.08 Å². The third-order valence-electron chi connectivity index (χ3n) is 3.69. The number of halogens is 1. The Labute approximate surface area is 170 Å². The van der Waals surface area contributed by atoms with Crippen LogP contribution in [0.5, 0.6) is 0 Å². The first-order chi connectivity index (χ1) is 12.6. The molecule has 0 radical (unpaired) electrons. The number of esters is 1. The van der Waals surface area contributed by atoms with E-state index in [1.807, 2.05) is 84.9 Å². The van der Waals surface area contributed by atoms with Crippen LogP contribution in [0.25, 0.3) is 0 Å². The lowest BCUT2D eigenvalue weighted by Gasteiger charge is -2.30. The maximum absolute atomic E-state index is 13.1. The molecule has 0 aromatic heterocycles. The number of carbonyl (C=O) groups excluding carboxylic acids is 1. The second-order valence-electron chi connectivity index (χ2n) is 5.45. The van der Waals surface area contributed by atoms with Gasteiger partial charge in [0.2, 0.25) is 0 Å². The Morgan fingerprint density at radius 2 is 1.27 bits per heavy atom. The highest BCUT2D eigenvalue weighted by Crippen LogP contribution is 2.53. The minimum Gasteiger partial charge on any atom is -0.467 e. The van der Waals surface area contributed by atoms with Gasteiger partial charge in [-0.05, 0) is 42.0 Å². The SMILES string of the molecule is COC(=O)C(Sc1ccccc1)(Sc1ccccc1)c1ccc(Br)cc1. The summed E-state index contributed by atoms with van der Waals surface area (Å²) in [6.07, 6.45) is 0. The highest BCUT2D eigenvalue weighted by Gasteiger charge is 2.44. The molecule has 0 saturated carbocycles. The summed E-state index contributed by atoms with van der Waals surface area (Å²) in [5, 5.41) is 0. The molecule has 132 valence electrons. The number of hydrogen-bond acceptors (Lipinski definition) is 4. The van der Waals surface area contributed by atoms with E-state index in [-0.39, 0.29) is 5.97 Å². The number of carbonyl (C=O) groups is 1. The molecular formula is C21H17BrO2S2. The van der Waals surface area contributed by atoms with E-state index in [0.717, 1.165) is 19.8 Å². The largest absolute Gasteiger partial charge is 0.467 e. The van der Waals surface area contributed by atoms with Crippen LogP contribution in [0, 0.1) is 0 Å². The molecule has 0 bridgehead atoms. The second-order valence-corrected chi connectivity index (χ2v) is 9.20. The fourth-order valence-corrected chi connectivity index (χ4v) is 5.55. The van der Waals surface area contributed by atoms with Gasteiger partial charge < -0.3 is 4.74 Å². The van der Waals surface area contributed by atoms with Crippen molar-refractivity contribution in [2.24, 2.45) is 0 Å². The van der Waals surface area contributed by atoms with Gasteiger partial charge in [0.05, 0.1) is 7.11 Å². The summed E-state index contributed by atoms with van der Waals surface area (Å²) >= 11 is 6.46. The van der Waals surface area contributed by atoms with E-state index in [9.17, 15) is 4.79 Å². The molecule has 0 saturated heterocycles. The van der Waals surface area contributed by atoms with Crippen LogP contribution >= 0.6 is 39.5 Å². The van der Waals surface area contributed by atoms with E-state index in [2.05, 4.69) is 15.9 Å². The maximum Gasteiger partial charge on any atom is 0.337 e. The van der Waals surface area contributed by atoms with Crippen LogP contribution in [0.3, 0.4) is 0 Å². The molecule has 0 atom stereocenters. The van der Waals surface area contributed by atoms with Gasteiger partial charge in [0.1, 0.15) is 0 Å². The molecule has 2 nitrogen and oxygen atoms in total. The van der Waals surface area contributed by atoms with Crippen molar-refractivity contribution in [3.63, 3.8) is 0 Å². The Morgan fingerprint density at radius 1 is 0.808 bits per heavy atom. The highest BCUT2D eigenvalue weighted by molar-refractivity contribution is 9.10. The van der Waals surface area contributed by atoms with Gasteiger partial charge >= 0.3 is 5.97 Å². The Hall–Kier alpha value is -1.69. The minimum atomic E-state index is -0.946. The molecule has 0 N–H and O–H groups in total. The van der Waals surface area contributed by atoms with E-state index in [1.54, 1.807) is 0 Å². The number of thioether (sulfide) groups is 2. The lowest BCUT2D eigenvalue weighted by Crippen LogP contribution is -2.30. The van der Waals surface area contributed by atoms with Crippen molar-refractivity contribution < 1.29 is 9.53 Å². The first-order valence-corrected chi connectivity index (χ1v) is 10.4. The van der Waals surface area contributed by atoms with Crippen LogP contribution in [-0.2, 0) is 13.6 Å². The molecule has 0 aliphatic heterocycles. The Morgan fingerprint density at radius 3 is 1.69 bits per heavy atom. The molecule has 0 aliphatic rings. The van der Waals surface area contributed by atoms with Crippen LogP contribution in [0.1, 0.15) is 5.56 Å².